The second kappa shape index (κ2) is 14.5. The van der Waals surface area contributed by atoms with Crippen molar-refractivity contribution in [3.63, 3.8) is 0 Å². The van der Waals surface area contributed by atoms with E-state index in [-0.39, 0.29) is 17.5 Å². The third kappa shape index (κ3) is 8.13. The molecular weight excluding hydrogens is 512 g/mol. The molecule has 0 spiro atoms. The number of amides is 1. The van der Waals surface area contributed by atoms with Crippen molar-refractivity contribution in [3.05, 3.63) is 71.9 Å². The molecule has 5 rings (SSSR count). The molecule has 7 nitrogen and oxygen atoms in total. The van der Waals surface area contributed by atoms with Crippen LogP contribution in [0.3, 0.4) is 0 Å². The largest absolute Gasteiger partial charge is 0.433 e. The number of pyridine rings is 1. The van der Waals surface area contributed by atoms with E-state index in [9.17, 15) is 9.59 Å². The maximum absolute atomic E-state index is 14.2. The molecule has 2 fully saturated rings. The van der Waals surface area contributed by atoms with Gasteiger partial charge in [-0.15, -0.1) is 0 Å². The average molecular weight is 557 g/mol. The number of Topliss-reactive ketones (excluding diaryl/α,β-unsaturated/α-hetero) is 1. The minimum Gasteiger partial charge on any atom is -0.433 e. The lowest BCUT2D eigenvalue weighted by molar-refractivity contribution is -0.123. The summed E-state index contributed by atoms with van der Waals surface area (Å²) in [6.45, 7) is 0. The number of hydrogen-bond donors (Lipinski definition) is 2. The summed E-state index contributed by atoms with van der Waals surface area (Å²) in [5.41, 5.74) is 9.00. The third-order valence-electron chi connectivity index (χ3n) is 8.90. The van der Waals surface area contributed by atoms with Crippen molar-refractivity contribution in [2.45, 2.75) is 102 Å². The van der Waals surface area contributed by atoms with E-state index in [0.717, 1.165) is 36.8 Å². The van der Waals surface area contributed by atoms with Crippen LogP contribution in [0.25, 0.3) is 11.5 Å². The Kier molecular flexibility index (Phi) is 10.3. The fourth-order valence-electron chi connectivity index (χ4n) is 6.52. The first-order valence-electron chi connectivity index (χ1n) is 15.6. The number of oxazole rings is 1. The molecule has 41 heavy (non-hydrogen) atoms. The highest BCUT2D eigenvalue weighted by Gasteiger charge is 2.32. The van der Waals surface area contributed by atoms with E-state index in [4.69, 9.17) is 15.1 Å². The lowest BCUT2D eigenvalue weighted by Crippen LogP contribution is -2.49. The normalized spacial score (nSPS) is 18.1. The number of ketones is 1. The first-order valence-corrected chi connectivity index (χ1v) is 15.6. The summed E-state index contributed by atoms with van der Waals surface area (Å²) in [5.74, 6) is 1.15. The van der Waals surface area contributed by atoms with Gasteiger partial charge in [-0.1, -0.05) is 94.5 Å². The summed E-state index contributed by atoms with van der Waals surface area (Å²) >= 11 is 0. The van der Waals surface area contributed by atoms with Gasteiger partial charge in [0.05, 0.1) is 17.8 Å². The molecule has 218 valence electrons. The SMILES string of the molecule is NC(CC1CCCCC1)C(=O)NC(CCc1ccccc1)C(=O)c1oc(-c2ccncc2)nc1CC1CCCCC1. The van der Waals surface area contributed by atoms with Crippen LogP contribution in [0.15, 0.2) is 59.3 Å². The van der Waals surface area contributed by atoms with Crippen molar-refractivity contribution < 1.29 is 14.0 Å². The Hall–Kier alpha value is -3.32. The molecule has 3 N–H and O–H groups in total. The van der Waals surface area contributed by atoms with Gasteiger partial charge < -0.3 is 15.5 Å². The molecule has 0 aliphatic heterocycles. The van der Waals surface area contributed by atoms with E-state index in [1.807, 2.05) is 42.5 Å². The predicted molar refractivity (Wildman–Crippen MR) is 160 cm³/mol. The molecule has 2 aromatic heterocycles. The van der Waals surface area contributed by atoms with Crippen LogP contribution in [0.1, 0.15) is 98.9 Å². The maximum Gasteiger partial charge on any atom is 0.237 e. The van der Waals surface area contributed by atoms with Gasteiger partial charge >= 0.3 is 0 Å². The number of aryl methyl sites for hydroxylation is 1. The van der Waals surface area contributed by atoms with Crippen molar-refractivity contribution in [2.24, 2.45) is 17.6 Å². The van der Waals surface area contributed by atoms with Crippen LogP contribution in [0.4, 0.5) is 0 Å². The lowest BCUT2D eigenvalue weighted by Gasteiger charge is -2.25. The summed E-state index contributed by atoms with van der Waals surface area (Å²) < 4.78 is 6.23. The molecule has 7 heteroatoms. The zero-order valence-electron chi connectivity index (χ0n) is 24.1. The van der Waals surface area contributed by atoms with E-state index >= 15 is 0 Å². The van der Waals surface area contributed by atoms with Gasteiger partial charge in [0, 0.05) is 18.0 Å². The Bertz CT molecular complexity index is 1250. The Morgan fingerprint density at radius 3 is 2.24 bits per heavy atom. The molecule has 3 aromatic rings. The van der Waals surface area contributed by atoms with Crippen molar-refractivity contribution in [3.8, 4) is 11.5 Å². The van der Waals surface area contributed by atoms with Crippen molar-refractivity contribution in [1.82, 2.24) is 15.3 Å². The topological polar surface area (TPSA) is 111 Å². The minimum absolute atomic E-state index is 0.224. The number of nitrogens with one attached hydrogen (secondary N) is 1. The number of aromatic nitrogens is 2. The second-order valence-electron chi connectivity index (χ2n) is 12.0. The van der Waals surface area contributed by atoms with Crippen molar-refractivity contribution in [1.29, 1.82) is 0 Å². The van der Waals surface area contributed by atoms with Crippen LogP contribution in [-0.2, 0) is 17.6 Å². The third-order valence-corrected chi connectivity index (χ3v) is 8.90. The van der Waals surface area contributed by atoms with E-state index in [2.05, 4.69) is 10.3 Å². The maximum atomic E-state index is 14.2. The van der Waals surface area contributed by atoms with Gasteiger partial charge in [-0.2, -0.15) is 0 Å². The Morgan fingerprint density at radius 2 is 1.56 bits per heavy atom. The van der Waals surface area contributed by atoms with Crippen LogP contribution < -0.4 is 11.1 Å². The predicted octanol–water partition coefficient (Wildman–Crippen LogP) is 6.46. The van der Waals surface area contributed by atoms with E-state index in [1.54, 1.807) is 12.4 Å². The number of rotatable bonds is 12. The molecule has 2 atom stereocenters. The van der Waals surface area contributed by atoms with Crippen LogP contribution >= 0.6 is 0 Å². The molecule has 1 amide bonds. The number of nitrogens with two attached hydrogens (primary N) is 1. The molecule has 2 aliphatic rings. The highest BCUT2D eigenvalue weighted by atomic mass is 16.4. The Morgan fingerprint density at radius 1 is 0.902 bits per heavy atom. The van der Waals surface area contributed by atoms with Gasteiger partial charge in [0.2, 0.25) is 17.6 Å². The first-order chi connectivity index (χ1) is 20.1. The van der Waals surface area contributed by atoms with Gasteiger partial charge in [-0.25, -0.2) is 4.98 Å². The Labute approximate surface area is 243 Å². The smallest absolute Gasteiger partial charge is 0.237 e. The summed E-state index contributed by atoms with van der Waals surface area (Å²) in [5, 5.41) is 3.04. The highest BCUT2D eigenvalue weighted by Crippen LogP contribution is 2.31. The minimum atomic E-state index is -0.747. The highest BCUT2D eigenvalue weighted by molar-refractivity contribution is 6.01. The molecule has 2 aliphatic carbocycles. The van der Waals surface area contributed by atoms with Crippen LogP contribution in [0.2, 0.25) is 0 Å². The monoisotopic (exact) mass is 556 g/mol. The summed E-state index contributed by atoms with van der Waals surface area (Å²) in [6, 6.07) is 12.3. The number of carbonyl (C=O) groups excluding carboxylic acids is 2. The Balaban J connectivity index is 1.38. The molecule has 2 unspecified atom stereocenters. The molecule has 0 bridgehead atoms. The number of benzene rings is 1. The van der Waals surface area contributed by atoms with Gasteiger partial charge in [0.1, 0.15) is 0 Å². The molecule has 2 saturated carbocycles. The van der Waals surface area contributed by atoms with Gasteiger partial charge in [-0.05, 0) is 55.2 Å². The molecule has 0 radical (unpaired) electrons. The zero-order chi connectivity index (χ0) is 28.4. The molecular formula is C34H44N4O3. The fourth-order valence-corrected chi connectivity index (χ4v) is 6.52. The average Bonchev–Trinajstić information content (AvgIpc) is 3.44. The first kappa shape index (κ1) is 29.2. The van der Waals surface area contributed by atoms with Gasteiger partial charge in [0.15, 0.2) is 5.76 Å². The lowest BCUT2D eigenvalue weighted by atomic mass is 9.84. The number of carbonyl (C=O) groups is 2. The summed E-state index contributed by atoms with van der Waals surface area (Å²) in [4.78, 5) is 36.5. The van der Waals surface area contributed by atoms with Gasteiger partial charge in [0.25, 0.3) is 0 Å². The van der Waals surface area contributed by atoms with Crippen LogP contribution in [-0.4, -0.2) is 33.7 Å². The molecule has 0 saturated heterocycles. The summed E-state index contributed by atoms with van der Waals surface area (Å²) in [7, 11) is 0. The summed E-state index contributed by atoms with van der Waals surface area (Å²) in [6.07, 6.45) is 17.7. The van der Waals surface area contributed by atoms with Crippen molar-refractivity contribution in [2.75, 3.05) is 0 Å². The standard InChI is InChI=1S/C34H44N4O3/c35-28(22-25-12-6-2-7-13-25)33(40)37-29(17-16-24-10-4-1-5-11-24)31(39)32-30(23-26-14-8-3-9-15-26)38-34(41-32)27-18-20-36-21-19-27/h1,4-5,10-11,18-21,25-26,28-29H,2-3,6-9,12-17,22-23,35H2,(H,37,40). The number of nitrogens with zero attached hydrogens (tertiary/aromatic N) is 2. The van der Waals surface area contributed by atoms with Gasteiger partial charge in [-0.3, -0.25) is 14.6 Å². The fraction of sp³-hybridized carbons (Fsp3) is 0.529. The van der Waals surface area contributed by atoms with Crippen molar-refractivity contribution >= 4 is 11.7 Å². The quantitative estimate of drug-likeness (QED) is 0.248. The zero-order valence-corrected chi connectivity index (χ0v) is 24.1. The second-order valence-corrected chi connectivity index (χ2v) is 12.0. The van der Waals surface area contributed by atoms with E-state index in [1.165, 1.54) is 38.5 Å². The molecule has 2 heterocycles. The van der Waals surface area contributed by atoms with Crippen LogP contribution in [0.5, 0.6) is 0 Å². The van der Waals surface area contributed by atoms with E-state index in [0.29, 0.717) is 49.1 Å². The molecule has 1 aromatic carbocycles. The van der Waals surface area contributed by atoms with E-state index < -0.39 is 12.1 Å². The number of hydrogen-bond acceptors (Lipinski definition) is 6. The van der Waals surface area contributed by atoms with Crippen LogP contribution in [0, 0.1) is 11.8 Å².